The summed E-state index contributed by atoms with van der Waals surface area (Å²) in [5, 5.41) is 12.4. The first kappa shape index (κ1) is 14.7. The molecule has 0 fully saturated rings. The van der Waals surface area contributed by atoms with E-state index in [1.54, 1.807) is 18.2 Å². The molecule has 1 aliphatic rings. The quantitative estimate of drug-likeness (QED) is 0.835. The molecule has 1 heterocycles. The molecule has 0 aromatic heterocycles. The van der Waals surface area contributed by atoms with Gasteiger partial charge in [0.1, 0.15) is 0 Å². The fourth-order valence-electron chi connectivity index (χ4n) is 2.19. The molecule has 0 unspecified atom stereocenters. The smallest absolute Gasteiger partial charge is 0.251 e. The third kappa shape index (κ3) is 2.88. The topological polar surface area (TPSA) is 67.8 Å². The van der Waals surface area contributed by atoms with E-state index in [0.29, 0.717) is 23.6 Å². The SMILES string of the molecule is CCC(CC)(CO)CNC(=O)c1ccc2c(c1)OCO2. The summed E-state index contributed by atoms with van der Waals surface area (Å²) in [6.45, 7) is 4.77. The Bertz CT molecular complexity index is 474. The summed E-state index contributed by atoms with van der Waals surface area (Å²) in [6.07, 6.45) is 1.64. The van der Waals surface area contributed by atoms with Crippen molar-refractivity contribution in [3.63, 3.8) is 0 Å². The summed E-state index contributed by atoms with van der Waals surface area (Å²) in [5.74, 6) is 1.09. The van der Waals surface area contributed by atoms with Crippen molar-refractivity contribution in [2.75, 3.05) is 19.9 Å². The number of ether oxygens (including phenoxy) is 2. The number of hydrogen-bond donors (Lipinski definition) is 2. The zero-order chi connectivity index (χ0) is 14.6. The van der Waals surface area contributed by atoms with Crippen molar-refractivity contribution in [2.24, 2.45) is 5.41 Å². The predicted octanol–water partition coefficient (Wildman–Crippen LogP) is 1.94. The summed E-state index contributed by atoms with van der Waals surface area (Å²) in [5.41, 5.74) is 0.291. The molecule has 110 valence electrons. The van der Waals surface area contributed by atoms with Crippen LogP contribution in [0.25, 0.3) is 0 Å². The van der Waals surface area contributed by atoms with E-state index in [9.17, 15) is 9.90 Å². The lowest BCUT2D eigenvalue weighted by Crippen LogP contribution is -2.39. The molecular weight excluding hydrogens is 258 g/mol. The summed E-state index contributed by atoms with van der Waals surface area (Å²) < 4.78 is 10.5. The Kier molecular flexibility index (Phi) is 4.49. The second kappa shape index (κ2) is 6.13. The molecule has 0 aliphatic carbocycles. The maximum Gasteiger partial charge on any atom is 0.251 e. The molecule has 0 radical (unpaired) electrons. The number of hydrogen-bond acceptors (Lipinski definition) is 4. The van der Waals surface area contributed by atoms with E-state index < -0.39 is 0 Å². The van der Waals surface area contributed by atoms with Crippen LogP contribution in [0, 0.1) is 5.41 Å². The average Bonchev–Trinajstić information content (AvgIpc) is 2.96. The highest BCUT2D eigenvalue weighted by Gasteiger charge is 2.26. The standard InChI is InChI=1S/C15H21NO4/c1-3-15(4-2,9-17)8-16-14(18)11-5-6-12-13(7-11)20-10-19-12/h5-7,17H,3-4,8-10H2,1-2H3,(H,16,18). The van der Waals surface area contributed by atoms with Crippen LogP contribution in [-0.4, -0.2) is 31.0 Å². The molecule has 1 aromatic rings. The van der Waals surface area contributed by atoms with Gasteiger partial charge in [-0.25, -0.2) is 0 Å². The number of aliphatic hydroxyl groups is 1. The van der Waals surface area contributed by atoms with Gasteiger partial charge in [0.15, 0.2) is 11.5 Å². The van der Waals surface area contributed by atoms with E-state index in [2.05, 4.69) is 5.32 Å². The minimum atomic E-state index is -0.244. The van der Waals surface area contributed by atoms with E-state index in [1.807, 2.05) is 13.8 Å². The molecule has 2 rings (SSSR count). The number of carbonyl (C=O) groups is 1. The first-order valence-electron chi connectivity index (χ1n) is 6.93. The van der Waals surface area contributed by atoms with Gasteiger partial charge in [-0.15, -0.1) is 0 Å². The van der Waals surface area contributed by atoms with Gasteiger partial charge in [-0.05, 0) is 31.0 Å². The normalized spacial score (nSPS) is 13.3. The van der Waals surface area contributed by atoms with Gasteiger partial charge in [0.25, 0.3) is 5.91 Å². The van der Waals surface area contributed by atoms with Crippen molar-refractivity contribution in [1.82, 2.24) is 5.32 Å². The van der Waals surface area contributed by atoms with Gasteiger partial charge < -0.3 is 19.9 Å². The maximum absolute atomic E-state index is 12.1. The van der Waals surface area contributed by atoms with Crippen LogP contribution in [0.1, 0.15) is 37.0 Å². The number of aliphatic hydroxyl groups excluding tert-OH is 1. The summed E-state index contributed by atoms with van der Waals surface area (Å²) >= 11 is 0. The molecule has 2 N–H and O–H groups in total. The van der Waals surface area contributed by atoms with Gasteiger partial charge in [-0.2, -0.15) is 0 Å². The molecule has 1 amide bonds. The molecule has 0 bridgehead atoms. The number of fused-ring (bicyclic) bond motifs is 1. The lowest BCUT2D eigenvalue weighted by Gasteiger charge is -2.29. The van der Waals surface area contributed by atoms with Gasteiger partial charge in [0.2, 0.25) is 6.79 Å². The molecule has 20 heavy (non-hydrogen) atoms. The van der Waals surface area contributed by atoms with Crippen molar-refractivity contribution in [2.45, 2.75) is 26.7 Å². The summed E-state index contributed by atoms with van der Waals surface area (Å²) in [6, 6.07) is 5.12. The van der Waals surface area contributed by atoms with Crippen LogP contribution in [0.2, 0.25) is 0 Å². The fourth-order valence-corrected chi connectivity index (χ4v) is 2.19. The first-order chi connectivity index (χ1) is 9.64. The Morgan fingerprint density at radius 2 is 2.00 bits per heavy atom. The highest BCUT2D eigenvalue weighted by molar-refractivity contribution is 5.94. The highest BCUT2D eigenvalue weighted by atomic mass is 16.7. The third-order valence-corrected chi connectivity index (χ3v) is 4.09. The van der Waals surface area contributed by atoms with E-state index >= 15 is 0 Å². The van der Waals surface area contributed by atoms with Crippen LogP contribution in [0.5, 0.6) is 11.5 Å². The van der Waals surface area contributed by atoms with Crippen molar-refractivity contribution >= 4 is 5.91 Å². The zero-order valence-electron chi connectivity index (χ0n) is 11.9. The molecule has 1 aromatic carbocycles. The van der Waals surface area contributed by atoms with Crippen molar-refractivity contribution in [3.8, 4) is 11.5 Å². The van der Waals surface area contributed by atoms with E-state index in [-0.39, 0.29) is 24.7 Å². The molecular formula is C15H21NO4. The van der Waals surface area contributed by atoms with Crippen LogP contribution >= 0.6 is 0 Å². The van der Waals surface area contributed by atoms with Crippen molar-refractivity contribution < 1.29 is 19.4 Å². The van der Waals surface area contributed by atoms with Crippen LogP contribution in [0.15, 0.2) is 18.2 Å². The number of nitrogens with one attached hydrogen (secondary N) is 1. The number of rotatable bonds is 6. The van der Waals surface area contributed by atoms with Gasteiger partial charge in [0.05, 0.1) is 6.61 Å². The van der Waals surface area contributed by atoms with E-state index in [1.165, 1.54) is 0 Å². The fraction of sp³-hybridized carbons (Fsp3) is 0.533. The van der Waals surface area contributed by atoms with Gasteiger partial charge in [-0.3, -0.25) is 4.79 Å². The van der Waals surface area contributed by atoms with E-state index in [4.69, 9.17) is 9.47 Å². The van der Waals surface area contributed by atoms with Gasteiger partial charge in [-0.1, -0.05) is 13.8 Å². The van der Waals surface area contributed by atoms with Crippen LogP contribution in [-0.2, 0) is 0 Å². The molecule has 5 nitrogen and oxygen atoms in total. The number of carbonyl (C=O) groups excluding carboxylic acids is 1. The summed E-state index contributed by atoms with van der Waals surface area (Å²) in [4.78, 5) is 12.1. The first-order valence-corrected chi connectivity index (χ1v) is 6.93. The number of amides is 1. The Morgan fingerprint density at radius 1 is 1.30 bits per heavy atom. The molecule has 1 aliphatic heterocycles. The highest BCUT2D eigenvalue weighted by Crippen LogP contribution is 2.32. The Hall–Kier alpha value is -1.75. The second-order valence-electron chi connectivity index (χ2n) is 5.12. The Morgan fingerprint density at radius 3 is 2.65 bits per heavy atom. The van der Waals surface area contributed by atoms with Crippen LogP contribution < -0.4 is 14.8 Å². The van der Waals surface area contributed by atoms with E-state index in [0.717, 1.165) is 12.8 Å². The predicted molar refractivity (Wildman–Crippen MR) is 75.0 cm³/mol. The largest absolute Gasteiger partial charge is 0.454 e. The Labute approximate surface area is 118 Å². The molecule has 0 saturated carbocycles. The monoisotopic (exact) mass is 279 g/mol. The van der Waals surface area contributed by atoms with Crippen LogP contribution in [0.3, 0.4) is 0 Å². The third-order valence-electron chi connectivity index (χ3n) is 4.09. The number of benzene rings is 1. The lowest BCUT2D eigenvalue weighted by atomic mass is 9.83. The van der Waals surface area contributed by atoms with Gasteiger partial charge in [0, 0.05) is 17.5 Å². The summed E-state index contributed by atoms with van der Waals surface area (Å²) in [7, 11) is 0. The molecule has 0 atom stereocenters. The molecule has 5 heteroatoms. The minimum Gasteiger partial charge on any atom is -0.454 e. The second-order valence-corrected chi connectivity index (χ2v) is 5.12. The van der Waals surface area contributed by atoms with Crippen molar-refractivity contribution in [1.29, 1.82) is 0 Å². The molecule has 0 saturated heterocycles. The van der Waals surface area contributed by atoms with Gasteiger partial charge >= 0.3 is 0 Å². The Balaban J connectivity index is 2.02. The van der Waals surface area contributed by atoms with Crippen LogP contribution in [0.4, 0.5) is 0 Å². The maximum atomic E-state index is 12.1. The molecule has 0 spiro atoms. The van der Waals surface area contributed by atoms with Crippen molar-refractivity contribution in [3.05, 3.63) is 23.8 Å². The zero-order valence-corrected chi connectivity index (χ0v) is 11.9. The lowest BCUT2D eigenvalue weighted by molar-refractivity contribution is 0.0850. The average molecular weight is 279 g/mol. The minimum absolute atomic E-state index is 0.0709.